The number of allylic oxidation sites excluding steroid dienone is 1. The van der Waals surface area contributed by atoms with Crippen LogP contribution in [0.1, 0.15) is 48.4 Å². The lowest BCUT2D eigenvalue weighted by molar-refractivity contribution is -0.118. The van der Waals surface area contributed by atoms with Crippen molar-refractivity contribution in [3.8, 4) is 0 Å². The van der Waals surface area contributed by atoms with Gasteiger partial charge in [0.15, 0.2) is 5.78 Å². The smallest absolute Gasteiger partial charge is 0.410 e. The minimum atomic E-state index is -0.375. The Hall–Kier alpha value is -2.84. The Balaban J connectivity index is 1.86. The number of carbonyl (C=O) groups is 3. The summed E-state index contributed by atoms with van der Waals surface area (Å²) in [7, 11) is 5.41. The topological polar surface area (TPSA) is 88.0 Å². The van der Waals surface area contributed by atoms with Gasteiger partial charge in [-0.3, -0.25) is 14.3 Å². The van der Waals surface area contributed by atoms with Crippen molar-refractivity contribution in [3.63, 3.8) is 0 Å². The summed E-state index contributed by atoms with van der Waals surface area (Å²) in [5.41, 5.74) is 2.06. The van der Waals surface area contributed by atoms with Crippen molar-refractivity contribution >= 4 is 17.8 Å². The van der Waals surface area contributed by atoms with Gasteiger partial charge in [0.25, 0.3) is 5.91 Å². The lowest BCUT2D eigenvalue weighted by Gasteiger charge is -2.32. The molecule has 2 aliphatic heterocycles. The molecule has 9 heteroatoms. The van der Waals surface area contributed by atoms with Crippen LogP contribution in [0.2, 0.25) is 0 Å². The number of rotatable bonds is 6. The number of unbranched alkanes of at least 4 members (excludes halogenated alkanes) is 1. The lowest BCUT2D eigenvalue weighted by Crippen LogP contribution is -2.43. The minimum absolute atomic E-state index is 0.0378. The van der Waals surface area contributed by atoms with Crippen LogP contribution in [0.15, 0.2) is 12.3 Å². The largest absolute Gasteiger partial charge is 0.449 e. The molecule has 0 spiro atoms. The van der Waals surface area contributed by atoms with E-state index in [2.05, 4.69) is 5.10 Å². The first-order valence-electron chi connectivity index (χ1n) is 10.9. The van der Waals surface area contributed by atoms with Crippen molar-refractivity contribution in [2.75, 3.05) is 34.3 Å². The zero-order valence-electron chi connectivity index (χ0n) is 19.1. The predicted molar refractivity (Wildman–Crippen MR) is 115 cm³/mol. The normalized spacial score (nSPS) is 21.0. The number of carbonyl (C=O) groups excluding carboxylic acids is 3. The maximum atomic E-state index is 13.2. The highest BCUT2D eigenvalue weighted by Crippen LogP contribution is 2.29. The molecule has 0 bridgehead atoms. The van der Waals surface area contributed by atoms with Crippen molar-refractivity contribution < 1.29 is 19.1 Å². The van der Waals surface area contributed by atoms with Gasteiger partial charge in [-0.15, -0.1) is 0 Å². The number of hydrogen-bond acceptors (Lipinski definition) is 6. The summed E-state index contributed by atoms with van der Waals surface area (Å²) in [6, 6.07) is -0.0750. The molecule has 170 valence electrons. The second-order valence-corrected chi connectivity index (χ2v) is 8.67. The van der Waals surface area contributed by atoms with E-state index in [1.807, 2.05) is 27.9 Å². The third kappa shape index (κ3) is 4.91. The SMILES string of the molecule is CCCCOC(=O)N1Cc2c(nn3c2C(=O)N(C)CC(C(=O)/C=C/N(C)C)C3)CC1C. The fourth-order valence-corrected chi connectivity index (χ4v) is 4.00. The molecule has 3 rings (SSSR count). The van der Waals surface area contributed by atoms with Crippen molar-refractivity contribution in [1.82, 2.24) is 24.5 Å². The Morgan fingerprint density at radius 3 is 2.71 bits per heavy atom. The van der Waals surface area contributed by atoms with E-state index in [0.29, 0.717) is 31.8 Å². The molecule has 2 aliphatic rings. The van der Waals surface area contributed by atoms with Crippen LogP contribution in [-0.4, -0.2) is 82.6 Å². The highest BCUT2D eigenvalue weighted by Gasteiger charge is 2.38. The van der Waals surface area contributed by atoms with E-state index < -0.39 is 0 Å². The average Bonchev–Trinajstić information content (AvgIpc) is 3.00. The summed E-state index contributed by atoms with van der Waals surface area (Å²) in [6.07, 6.45) is 5.23. The number of ether oxygens (including phenoxy) is 1. The van der Waals surface area contributed by atoms with Crippen molar-refractivity contribution in [2.45, 2.75) is 52.2 Å². The van der Waals surface area contributed by atoms with Crippen molar-refractivity contribution in [3.05, 3.63) is 29.2 Å². The zero-order valence-corrected chi connectivity index (χ0v) is 19.1. The van der Waals surface area contributed by atoms with Crippen LogP contribution < -0.4 is 0 Å². The molecule has 2 atom stereocenters. The Kier molecular flexibility index (Phi) is 7.02. The highest BCUT2D eigenvalue weighted by molar-refractivity contribution is 5.97. The molecule has 0 fully saturated rings. The van der Waals surface area contributed by atoms with Crippen molar-refractivity contribution in [2.24, 2.45) is 5.92 Å². The molecule has 0 saturated heterocycles. The first kappa shape index (κ1) is 22.8. The molecule has 0 radical (unpaired) electrons. The number of ketones is 1. The van der Waals surface area contributed by atoms with Crippen LogP contribution in [0.4, 0.5) is 4.79 Å². The van der Waals surface area contributed by atoms with Crippen LogP contribution in [0.3, 0.4) is 0 Å². The third-order valence-electron chi connectivity index (χ3n) is 5.82. The van der Waals surface area contributed by atoms with Gasteiger partial charge < -0.3 is 19.4 Å². The van der Waals surface area contributed by atoms with Crippen LogP contribution in [-0.2, 0) is 29.0 Å². The van der Waals surface area contributed by atoms with E-state index in [9.17, 15) is 14.4 Å². The summed E-state index contributed by atoms with van der Waals surface area (Å²) in [4.78, 5) is 43.5. The molecule has 0 N–H and O–H groups in total. The van der Waals surface area contributed by atoms with Crippen LogP contribution in [0.5, 0.6) is 0 Å². The second kappa shape index (κ2) is 9.53. The third-order valence-corrected chi connectivity index (χ3v) is 5.82. The van der Waals surface area contributed by atoms with Crippen LogP contribution >= 0.6 is 0 Å². The van der Waals surface area contributed by atoms with Gasteiger partial charge in [0, 0.05) is 51.9 Å². The van der Waals surface area contributed by atoms with Gasteiger partial charge in [0.1, 0.15) is 5.69 Å². The molecule has 3 heterocycles. The standard InChI is InChI=1S/C22H33N5O4/c1-6-7-10-31-22(30)26-14-17-18(11-15(26)2)23-27-13-16(19(28)8-9-24(3)4)12-25(5)21(29)20(17)27/h8-9,15-16H,6-7,10-14H2,1-5H3/b9-8+. The Labute approximate surface area is 183 Å². The first-order chi connectivity index (χ1) is 14.7. The van der Waals surface area contributed by atoms with Crippen molar-refractivity contribution in [1.29, 1.82) is 0 Å². The van der Waals surface area contributed by atoms with E-state index in [1.54, 1.807) is 38.7 Å². The molecular formula is C22H33N5O4. The molecule has 0 aromatic carbocycles. The van der Waals surface area contributed by atoms with E-state index in [0.717, 1.165) is 24.1 Å². The summed E-state index contributed by atoms with van der Waals surface area (Å²) in [5.74, 6) is -0.584. The van der Waals surface area contributed by atoms with E-state index in [-0.39, 0.29) is 36.3 Å². The molecule has 1 aromatic heterocycles. The highest BCUT2D eigenvalue weighted by atomic mass is 16.6. The van der Waals surface area contributed by atoms with Gasteiger partial charge in [-0.1, -0.05) is 13.3 Å². The quantitative estimate of drug-likeness (QED) is 0.505. The van der Waals surface area contributed by atoms with Gasteiger partial charge >= 0.3 is 6.09 Å². The summed E-state index contributed by atoms with van der Waals surface area (Å²) >= 11 is 0. The molecule has 0 aliphatic carbocycles. The number of fused-ring (bicyclic) bond motifs is 3. The second-order valence-electron chi connectivity index (χ2n) is 8.67. The molecular weight excluding hydrogens is 398 g/mol. The van der Waals surface area contributed by atoms with Gasteiger partial charge in [-0.2, -0.15) is 5.10 Å². The fraction of sp³-hybridized carbons (Fsp3) is 0.636. The summed E-state index contributed by atoms with van der Waals surface area (Å²) in [5, 5.41) is 4.69. The monoisotopic (exact) mass is 431 g/mol. The molecule has 2 unspecified atom stereocenters. The Bertz CT molecular complexity index is 875. The first-order valence-corrected chi connectivity index (χ1v) is 10.9. The van der Waals surface area contributed by atoms with E-state index >= 15 is 0 Å². The maximum Gasteiger partial charge on any atom is 0.410 e. The number of aromatic nitrogens is 2. The minimum Gasteiger partial charge on any atom is -0.449 e. The molecule has 31 heavy (non-hydrogen) atoms. The molecule has 0 saturated carbocycles. The number of hydrogen-bond donors (Lipinski definition) is 0. The van der Waals surface area contributed by atoms with E-state index in [4.69, 9.17) is 4.74 Å². The van der Waals surface area contributed by atoms with Gasteiger partial charge in [0.05, 0.1) is 31.3 Å². The zero-order chi connectivity index (χ0) is 22.7. The van der Waals surface area contributed by atoms with Gasteiger partial charge in [-0.25, -0.2) is 4.79 Å². The maximum absolute atomic E-state index is 13.2. The Morgan fingerprint density at radius 2 is 2.03 bits per heavy atom. The predicted octanol–water partition coefficient (Wildman–Crippen LogP) is 1.91. The lowest BCUT2D eigenvalue weighted by atomic mass is 9.99. The van der Waals surface area contributed by atoms with Crippen LogP contribution in [0, 0.1) is 5.92 Å². The summed E-state index contributed by atoms with van der Waals surface area (Å²) in [6.45, 7) is 5.35. The van der Waals surface area contributed by atoms with Gasteiger partial charge in [0.2, 0.25) is 0 Å². The van der Waals surface area contributed by atoms with Gasteiger partial charge in [-0.05, 0) is 19.4 Å². The van der Waals surface area contributed by atoms with E-state index in [1.165, 1.54) is 0 Å². The molecule has 2 amide bonds. The van der Waals surface area contributed by atoms with Crippen LogP contribution in [0.25, 0.3) is 0 Å². The Morgan fingerprint density at radius 1 is 1.29 bits per heavy atom. The molecule has 9 nitrogen and oxygen atoms in total. The number of nitrogens with zero attached hydrogens (tertiary/aromatic N) is 5. The average molecular weight is 432 g/mol. The summed E-state index contributed by atoms with van der Waals surface area (Å²) < 4.78 is 7.07. The number of amides is 2. The fourth-order valence-electron chi connectivity index (χ4n) is 4.00. The molecule has 1 aromatic rings.